The van der Waals surface area contributed by atoms with Crippen molar-refractivity contribution in [2.24, 2.45) is 0 Å². The molecule has 92 valence electrons. The first-order valence-electron chi connectivity index (χ1n) is 5.24. The van der Waals surface area contributed by atoms with Crippen LogP contribution < -0.4 is 5.32 Å². The van der Waals surface area contributed by atoms with Crippen molar-refractivity contribution in [2.45, 2.75) is 44.9 Å². The van der Waals surface area contributed by atoms with Gasteiger partial charge in [0.2, 0.25) is 0 Å². The number of hydrogen-bond donors (Lipinski definition) is 1. The number of nitrogens with one attached hydrogen (secondary N) is 1. The first-order chi connectivity index (χ1) is 6.71. The first-order valence-corrected chi connectivity index (χ1v) is 7.49. The van der Waals surface area contributed by atoms with Crippen molar-refractivity contribution in [2.75, 3.05) is 18.2 Å². The molecule has 0 rings (SSSR count). The van der Waals surface area contributed by atoms with E-state index in [1.54, 1.807) is 13.8 Å². The minimum absolute atomic E-state index is 0.0890. The summed E-state index contributed by atoms with van der Waals surface area (Å²) in [7, 11) is -2.93. The summed E-state index contributed by atoms with van der Waals surface area (Å²) in [6, 6.07) is 0. The Balaban J connectivity index is 4.00. The lowest BCUT2D eigenvalue weighted by Gasteiger charge is -2.25. The number of hydrogen-bond acceptors (Lipinski definition) is 3. The normalized spacial score (nSPS) is 13.5. The van der Waals surface area contributed by atoms with E-state index in [1.165, 1.54) is 0 Å². The molecule has 0 aromatic rings. The van der Waals surface area contributed by atoms with E-state index in [1.807, 2.05) is 13.8 Å². The molecule has 0 aromatic heterocycles. The summed E-state index contributed by atoms with van der Waals surface area (Å²) in [5.41, 5.74) is -0.0890. The summed E-state index contributed by atoms with van der Waals surface area (Å²) < 4.78 is 23.0. The third-order valence-corrected chi connectivity index (χ3v) is 4.83. The van der Waals surface area contributed by atoms with Gasteiger partial charge in [0.25, 0.3) is 0 Å². The van der Waals surface area contributed by atoms with E-state index >= 15 is 0 Å². The van der Waals surface area contributed by atoms with E-state index in [4.69, 9.17) is 11.6 Å². The number of rotatable bonds is 7. The van der Waals surface area contributed by atoms with Crippen LogP contribution in [0.15, 0.2) is 0 Å². The standard InChI is InChI=1S/C10H22ClNO2S/c1-9(2)15(13,14)8-7-12-10(3,4)5-6-11/h9,12H,5-8H2,1-4H3. The molecule has 0 aromatic carbocycles. The molecule has 0 heterocycles. The molecular weight excluding hydrogens is 234 g/mol. The maximum absolute atomic E-state index is 11.5. The predicted molar refractivity (Wildman–Crippen MR) is 66.3 cm³/mol. The highest BCUT2D eigenvalue weighted by molar-refractivity contribution is 7.92. The molecule has 0 fully saturated rings. The average Bonchev–Trinajstić information content (AvgIpc) is 2.02. The maximum Gasteiger partial charge on any atom is 0.153 e. The van der Waals surface area contributed by atoms with Crippen molar-refractivity contribution >= 4 is 21.4 Å². The summed E-state index contributed by atoms with van der Waals surface area (Å²) in [5.74, 6) is 0.771. The summed E-state index contributed by atoms with van der Waals surface area (Å²) in [6.45, 7) is 7.96. The molecule has 0 atom stereocenters. The molecule has 0 bridgehead atoms. The van der Waals surface area contributed by atoms with Crippen molar-refractivity contribution in [1.82, 2.24) is 5.32 Å². The molecular formula is C10H22ClNO2S. The summed E-state index contributed by atoms with van der Waals surface area (Å²) in [5, 5.41) is 2.91. The van der Waals surface area contributed by atoms with E-state index < -0.39 is 9.84 Å². The Labute approximate surface area is 98.5 Å². The van der Waals surface area contributed by atoms with Crippen molar-refractivity contribution in [3.8, 4) is 0 Å². The highest BCUT2D eigenvalue weighted by Gasteiger charge is 2.19. The summed E-state index contributed by atoms with van der Waals surface area (Å²) >= 11 is 5.65. The fourth-order valence-electron chi connectivity index (χ4n) is 1.09. The number of alkyl halides is 1. The lowest BCUT2D eigenvalue weighted by Crippen LogP contribution is -2.42. The Kier molecular flexibility index (Phi) is 6.14. The van der Waals surface area contributed by atoms with Crippen LogP contribution >= 0.6 is 11.6 Å². The third kappa shape index (κ3) is 6.38. The molecule has 15 heavy (non-hydrogen) atoms. The van der Waals surface area contributed by atoms with Crippen molar-refractivity contribution in [3.05, 3.63) is 0 Å². The highest BCUT2D eigenvalue weighted by Crippen LogP contribution is 2.09. The van der Waals surface area contributed by atoms with E-state index in [-0.39, 0.29) is 16.5 Å². The van der Waals surface area contributed by atoms with Gasteiger partial charge >= 0.3 is 0 Å². The topological polar surface area (TPSA) is 46.2 Å². The van der Waals surface area contributed by atoms with Gasteiger partial charge in [-0.05, 0) is 34.1 Å². The van der Waals surface area contributed by atoms with Crippen molar-refractivity contribution in [3.63, 3.8) is 0 Å². The monoisotopic (exact) mass is 255 g/mol. The molecule has 0 aliphatic carbocycles. The molecule has 0 saturated carbocycles. The SMILES string of the molecule is CC(C)S(=O)(=O)CCNC(C)(C)CCCl. The maximum atomic E-state index is 11.5. The zero-order chi connectivity index (χ0) is 12.1. The second kappa shape index (κ2) is 6.06. The molecule has 0 spiro atoms. The zero-order valence-electron chi connectivity index (χ0n) is 10.0. The molecule has 0 saturated heterocycles. The van der Waals surface area contributed by atoms with Crippen molar-refractivity contribution in [1.29, 1.82) is 0 Å². The van der Waals surface area contributed by atoms with Gasteiger partial charge in [0.15, 0.2) is 9.84 Å². The van der Waals surface area contributed by atoms with Crippen LogP contribution in [-0.4, -0.2) is 37.4 Å². The summed E-state index contributed by atoms with van der Waals surface area (Å²) in [6.07, 6.45) is 0.830. The van der Waals surface area contributed by atoms with Gasteiger partial charge in [0.05, 0.1) is 11.0 Å². The highest BCUT2D eigenvalue weighted by atomic mass is 35.5. The van der Waals surface area contributed by atoms with Crippen LogP contribution in [0.25, 0.3) is 0 Å². The zero-order valence-corrected chi connectivity index (χ0v) is 11.6. The van der Waals surface area contributed by atoms with Gasteiger partial charge in [0.1, 0.15) is 0 Å². The predicted octanol–water partition coefficient (Wildman–Crippen LogP) is 1.81. The van der Waals surface area contributed by atoms with Crippen LogP contribution in [0, 0.1) is 0 Å². The van der Waals surface area contributed by atoms with Crippen LogP contribution in [-0.2, 0) is 9.84 Å². The van der Waals surface area contributed by atoms with E-state index in [2.05, 4.69) is 5.32 Å². The van der Waals surface area contributed by atoms with Crippen LogP contribution in [0.2, 0.25) is 0 Å². The van der Waals surface area contributed by atoms with Gasteiger partial charge < -0.3 is 5.32 Å². The minimum atomic E-state index is -2.93. The van der Waals surface area contributed by atoms with Gasteiger partial charge in [-0.15, -0.1) is 11.6 Å². The Bertz CT molecular complexity index is 273. The largest absolute Gasteiger partial charge is 0.311 e. The Morgan fingerprint density at radius 1 is 1.33 bits per heavy atom. The van der Waals surface area contributed by atoms with Crippen molar-refractivity contribution < 1.29 is 8.42 Å². The van der Waals surface area contributed by atoms with Crippen LogP contribution in [0.3, 0.4) is 0 Å². The molecule has 5 heteroatoms. The van der Waals surface area contributed by atoms with Crippen LogP contribution in [0.4, 0.5) is 0 Å². The summed E-state index contributed by atoms with van der Waals surface area (Å²) in [4.78, 5) is 0. The van der Waals surface area contributed by atoms with Crippen LogP contribution in [0.1, 0.15) is 34.1 Å². The van der Waals surface area contributed by atoms with E-state index in [9.17, 15) is 8.42 Å². The Morgan fingerprint density at radius 3 is 2.27 bits per heavy atom. The fraction of sp³-hybridized carbons (Fsp3) is 1.00. The number of halogens is 1. The Hall–Kier alpha value is 0.200. The fourth-order valence-corrected chi connectivity index (χ4v) is 2.42. The number of sulfone groups is 1. The lowest BCUT2D eigenvalue weighted by molar-refractivity contribution is 0.388. The first kappa shape index (κ1) is 15.2. The molecule has 0 unspecified atom stereocenters. The van der Waals surface area contributed by atoms with Gasteiger partial charge in [-0.25, -0.2) is 8.42 Å². The van der Waals surface area contributed by atoms with Gasteiger partial charge in [-0.1, -0.05) is 0 Å². The average molecular weight is 256 g/mol. The van der Waals surface area contributed by atoms with E-state index in [0.717, 1.165) is 6.42 Å². The second-order valence-electron chi connectivity index (χ2n) is 4.67. The molecule has 1 N–H and O–H groups in total. The third-order valence-electron chi connectivity index (χ3n) is 2.43. The van der Waals surface area contributed by atoms with Gasteiger partial charge in [-0.2, -0.15) is 0 Å². The molecule has 3 nitrogen and oxygen atoms in total. The molecule has 0 amide bonds. The molecule has 0 aliphatic heterocycles. The van der Waals surface area contributed by atoms with E-state index in [0.29, 0.717) is 12.4 Å². The minimum Gasteiger partial charge on any atom is -0.311 e. The molecule has 0 aliphatic rings. The van der Waals surface area contributed by atoms with Gasteiger partial charge in [-0.3, -0.25) is 0 Å². The smallest absolute Gasteiger partial charge is 0.153 e. The Morgan fingerprint density at radius 2 is 1.87 bits per heavy atom. The molecule has 0 radical (unpaired) electrons. The van der Waals surface area contributed by atoms with Gasteiger partial charge in [0, 0.05) is 18.0 Å². The van der Waals surface area contributed by atoms with Crippen LogP contribution in [0.5, 0.6) is 0 Å². The quantitative estimate of drug-likeness (QED) is 0.706. The lowest BCUT2D eigenvalue weighted by atomic mass is 10.0. The second-order valence-corrected chi connectivity index (χ2v) is 7.72.